The van der Waals surface area contributed by atoms with E-state index in [0.29, 0.717) is 12.0 Å². The number of hydrogen-bond donors (Lipinski definition) is 0. The van der Waals surface area contributed by atoms with Crippen LogP contribution in [0.4, 0.5) is 0 Å². The number of ketones is 3. The number of Topliss-reactive ketones (excluding diaryl/α,β-unsaturated/α-hetero) is 3. The summed E-state index contributed by atoms with van der Waals surface area (Å²) < 4.78 is 0. The molecule has 4 nitrogen and oxygen atoms in total. The van der Waals surface area contributed by atoms with Gasteiger partial charge in [0.05, 0.1) is 11.5 Å². The molecule has 1 saturated carbocycles. The number of carbonyl (C=O) groups excluding carboxylic acids is 3. The van der Waals surface area contributed by atoms with Crippen molar-refractivity contribution in [2.75, 3.05) is 13.1 Å². The standard InChI is InChI=1S/C19H21NO3/c21-17-10-9-15(18(22)14-7-3-1-4-8-14)19(23)16(17)13-20-11-5-2-6-12-20/h1,3-4,7-8,13,15H,2,5-6,9-12H2/b16-13+/t15-/m1/s1. The molecule has 1 aliphatic carbocycles. The molecule has 1 saturated heterocycles. The van der Waals surface area contributed by atoms with Crippen LogP contribution in [-0.2, 0) is 9.59 Å². The third-order valence-corrected chi connectivity index (χ3v) is 4.62. The lowest BCUT2D eigenvalue weighted by molar-refractivity contribution is -0.125. The fourth-order valence-corrected chi connectivity index (χ4v) is 3.29. The molecule has 1 aromatic rings. The number of hydrogen-bond acceptors (Lipinski definition) is 4. The van der Waals surface area contributed by atoms with Crippen LogP contribution in [0.3, 0.4) is 0 Å². The van der Waals surface area contributed by atoms with Crippen LogP contribution in [0.5, 0.6) is 0 Å². The molecule has 1 heterocycles. The Kier molecular flexibility index (Phi) is 4.70. The Balaban J connectivity index is 1.81. The van der Waals surface area contributed by atoms with E-state index in [1.54, 1.807) is 30.5 Å². The molecule has 23 heavy (non-hydrogen) atoms. The molecule has 2 fully saturated rings. The van der Waals surface area contributed by atoms with Gasteiger partial charge in [0.1, 0.15) is 0 Å². The molecule has 1 aromatic carbocycles. The molecule has 0 aromatic heterocycles. The highest BCUT2D eigenvalue weighted by atomic mass is 16.2. The van der Waals surface area contributed by atoms with Gasteiger partial charge < -0.3 is 4.90 Å². The molecule has 0 radical (unpaired) electrons. The SMILES string of the molecule is O=C1CC[C@H](C(=O)c2ccccc2)C(=O)/C1=C/N1CCCCC1. The predicted octanol–water partition coefficient (Wildman–Crippen LogP) is 2.79. The zero-order valence-corrected chi connectivity index (χ0v) is 13.2. The molecule has 2 aliphatic rings. The van der Waals surface area contributed by atoms with Crippen LogP contribution in [0.2, 0.25) is 0 Å². The van der Waals surface area contributed by atoms with E-state index >= 15 is 0 Å². The lowest BCUT2D eigenvalue weighted by Gasteiger charge is -2.28. The van der Waals surface area contributed by atoms with Gasteiger partial charge in [0, 0.05) is 31.3 Å². The topological polar surface area (TPSA) is 54.5 Å². The molecule has 3 rings (SSSR count). The van der Waals surface area contributed by atoms with Crippen molar-refractivity contribution >= 4 is 17.3 Å². The zero-order valence-electron chi connectivity index (χ0n) is 13.2. The Morgan fingerprint density at radius 2 is 1.74 bits per heavy atom. The van der Waals surface area contributed by atoms with Crippen LogP contribution in [0, 0.1) is 5.92 Å². The molecule has 1 aliphatic heterocycles. The number of nitrogens with zero attached hydrogens (tertiary/aromatic N) is 1. The Bertz CT molecular complexity index is 642. The van der Waals surface area contributed by atoms with E-state index in [0.717, 1.165) is 25.9 Å². The molecule has 4 heteroatoms. The normalized spacial score (nSPS) is 24.1. The maximum Gasteiger partial charge on any atom is 0.178 e. The third kappa shape index (κ3) is 3.41. The minimum Gasteiger partial charge on any atom is -0.377 e. The average Bonchev–Trinajstić information content (AvgIpc) is 2.60. The van der Waals surface area contributed by atoms with E-state index in [1.165, 1.54) is 6.42 Å². The van der Waals surface area contributed by atoms with Crippen molar-refractivity contribution in [3.05, 3.63) is 47.7 Å². The summed E-state index contributed by atoms with van der Waals surface area (Å²) in [6, 6.07) is 8.86. The van der Waals surface area contributed by atoms with Crippen molar-refractivity contribution in [3.8, 4) is 0 Å². The largest absolute Gasteiger partial charge is 0.377 e. The molecule has 0 bridgehead atoms. The lowest BCUT2D eigenvalue weighted by Crippen LogP contribution is -2.35. The van der Waals surface area contributed by atoms with E-state index in [9.17, 15) is 14.4 Å². The molecular formula is C19H21NO3. The summed E-state index contributed by atoms with van der Waals surface area (Å²) in [7, 11) is 0. The van der Waals surface area contributed by atoms with Crippen LogP contribution in [-0.4, -0.2) is 35.3 Å². The number of carbonyl (C=O) groups is 3. The smallest absolute Gasteiger partial charge is 0.178 e. The van der Waals surface area contributed by atoms with Gasteiger partial charge >= 0.3 is 0 Å². The number of likely N-dealkylation sites (tertiary alicyclic amines) is 1. The highest BCUT2D eigenvalue weighted by molar-refractivity contribution is 6.28. The van der Waals surface area contributed by atoms with Crippen molar-refractivity contribution < 1.29 is 14.4 Å². The number of benzene rings is 1. The Hall–Kier alpha value is -2.23. The van der Waals surface area contributed by atoms with Gasteiger partial charge in [-0.1, -0.05) is 30.3 Å². The quantitative estimate of drug-likeness (QED) is 0.373. The summed E-state index contributed by atoms with van der Waals surface area (Å²) in [5, 5.41) is 0. The third-order valence-electron chi connectivity index (χ3n) is 4.62. The van der Waals surface area contributed by atoms with Crippen LogP contribution in [0.25, 0.3) is 0 Å². The second-order valence-corrected chi connectivity index (χ2v) is 6.25. The molecular weight excluding hydrogens is 290 g/mol. The van der Waals surface area contributed by atoms with Crippen LogP contribution < -0.4 is 0 Å². The summed E-state index contributed by atoms with van der Waals surface area (Å²) in [5.74, 6) is -1.32. The second-order valence-electron chi connectivity index (χ2n) is 6.25. The predicted molar refractivity (Wildman–Crippen MR) is 87.0 cm³/mol. The van der Waals surface area contributed by atoms with Crippen LogP contribution >= 0.6 is 0 Å². The van der Waals surface area contributed by atoms with Gasteiger partial charge in [-0.25, -0.2) is 0 Å². The van der Waals surface area contributed by atoms with Gasteiger partial charge in [-0.3, -0.25) is 14.4 Å². The maximum absolute atomic E-state index is 12.7. The van der Waals surface area contributed by atoms with Gasteiger partial charge in [-0.15, -0.1) is 0 Å². The Labute approximate surface area is 136 Å². The molecule has 120 valence electrons. The van der Waals surface area contributed by atoms with E-state index in [2.05, 4.69) is 0 Å². The highest BCUT2D eigenvalue weighted by Crippen LogP contribution is 2.27. The Morgan fingerprint density at radius 1 is 1.04 bits per heavy atom. The molecule has 0 amide bonds. The molecule has 0 spiro atoms. The summed E-state index contributed by atoms with van der Waals surface area (Å²) in [5.41, 5.74) is 0.755. The summed E-state index contributed by atoms with van der Waals surface area (Å²) in [4.78, 5) is 39.5. The van der Waals surface area contributed by atoms with E-state index in [-0.39, 0.29) is 29.3 Å². The summed E-state index contributed by atoms with van der Waals surface area (Å²) in [6.45, 7) is 1.75. The summed E-state index contributed by atoms with van der Waals surface area (Å²) in [6.07, 6.45) is 5.65. The van der Waals surface area contributed by atoms with Gasteiger partial charge in [0.15, 0.2) is 17.3 Å². The van der Waals surface area contributed by atoms with Crippen molar-refractivity contribution in [2.24, 2.45) is 5.92 Å². The van der Waals surface area contributed by atoms with Crippen molar-refractivity contribution in [2.45, 2.75) is 32.1 Å². The Morgan fingerprint density at radius 3 is 2.43 bits per heavy atom. The molecule has 0 N–H and O–H groups in total. The van der Waals surface area contributed by atoms with Crippen LogP contribution in [0.15, 0.2) is 42.1 Å². The van der Waals surface area contributed by atoms with Gasteiger partial charge in [-0.05, 0) is 25.7 Å². The van der Waals surface area contributed by atoms with E-state index in [1.807, 2.05) is 11.0 Å². The summed E-state index contributed by atoms with van der Waals surface area (Å²) >= 11 is 0. The van der Waals surface area contributed by atoms with Crippen LogP contribution in [0.1, 0.15) is 42.5 Å². The van der Waals surface area contributed by atoms with Gasteiger partial charge in [0.2, 0.25) is 0 Å². The molecule has 0 unspecified atom stereocenters. The first-order valence-electron chi connectivity index (χ1n) is 8.29. The number of allylic oxidation sites excluding steroid dienone is 1. The zero-order chi connectivity index (χ0) is 16.2. The highest BCUT2D eigenvalue weighted by Gasteiger charge is 2.37. The average molecular weight is 311 g/mol. The van der Waals surface area contributed by atoms with E-state index < -0.39 is 5.92 Å². The van der Waals surface area contributed by atoms with Crippen molar-refractivity contribution in [1.82, 2.24) is 4.90 Å². The van der Waals surface area contributed by atoms with Crippen molar-refractivity contribution in [3.63, 3.8) is 0 Å². The fourth-order valence-electron chi connectivity index (χ4n) is 3.29. The monoisotopic (exact) mass is 311 g/mol. The first kappa shape index (κ1) is 15.7. The first-order valence-corrected chi connectivity index (χ1v) is 8.29. The molecule has 1 atom stereocenters. The van der Waals surface area contributed by atoms with Gasteiger partial charge in [0.25, 0.3) is 0 Å². The van der Waals surface area contributed by atoms with E-state index in [4.69, 9.17) is 0 Å². The first-order chi connectivity index (χ1) is 11.2. The fraction of sp³-hybridized carbons (Fsp3) is 0.421. The number of rotatable bonds is 3. The minimum absolute atomic E-state index is 0.127. The van der Waals surface area contributed by atoms with Crippen molar-refractivity contribution in [1.29, 1.82) is 0 Å². The lowest BCUT2D eigenvalue weighted by atomic mass is 9.79. The minimum atomic E-state index is -0.717. The number of piperidine rings is 1. The second kappa shape index (κ2) is 6.90. The van der Waals surface area contributed by atoms with Gasteiger partial charge in [-0.2, -0.15) is 0 Å². The maximum atomic E-state index is 12.7.